The quantitative estimate of drug-likeness (QED) is 0.0303. The van der Waals surface area contributed by atoms with Crippen LogP contribution in [0, 0.1) is 0 Å². The highest BCUT2D eigenvalue weighted by Gasteiger charge is 2.28. The third-order valence-electron chi connectivity index (χ3n) is 10.5. The Labute approximate surface area is 327 Å². The number of aliphatic hydroxyl groups is 2. The first kappa shape index (κ1) is 52.5. The molecule has 0 aromatic heterocycles. The Hall–Kier alpha value is -0.540. The van der Waals surface area contributed by atoms with Gasteiger partial charge in [-0.15, -0.1) is 0 Å². The van der Waals surface area contributed by atoms with Gasteiger partial charge < -0.3 is 26.2 Å². The predicted octanol–water partition coefficient (Wildman–Crippen LogP) is 11.6. The lowest BCUT2D eigenvalue weighted by Crippen LogP contribution is -2.47. The van der Waals surface area contributed by atoms with Gasteiger partial charge in [0.15, 0.2) is 0 Å². The molecule has 0 saturated carbocycles. The van der Waals surface area contributed by atoms with Crippen molar-refractivity contribution in [1.82, 2.24) is 5.32 Å². The summed E-state index contributed by atoms with van der Waals surface area (Å²) >= 11 is 0. The third-order valence-corrected chi connectivity index (χ3v) is 11.5. The highest BCUT2D eigenvalue weighted by Crippen LogP contribution is 2.43. The van der Waals surface area contributed by atoms with Crippen LogP contribution in [0.1, 0.15) is 232 Å². The Kier molecular flexibility index (Phi) is 39.3. The molecule has 0 fully saturated rings. The van der Waals surface area contributed by atoms with Gasteiger partial charge in [0.05, 0.1) is 37.9 Å². The van der Waals surface area contributed by atoms with Crippen LogP contribution >= 0.6 is 7.82 Å². The maximum Gasteiger partial charge on any atom is 0.472 e. The summed E-state index contributed by atoms with van der Waals surface area (Å²) in [7, 11) is -4.37. The van der Waals surface area contributed by atoms with Gasteiger partial charge in [0.2, 0.25) is 5.91 Å². The van der Waals surface area contributed by atoms with Crippen LogP contribution in [0.25, 0.3) is 0 Å². The second kappa shape index (κ2) is 39.7. The van der Waals surface area contributed by atoms with Crippen LogP contribution in [0.15, 0.2) is 0 Å². The molecule has 6 N–H and O–H groups in total. The molecule has 4 atom stereocenters. The van der Waals surface area contributed by atoms with E-state index in [0.29, 0.717) is 12.8 Å². The topological polar surface area (TPSA) is 151 Å². The van der Waals surface area contributed by atoms with Crippen molar-refractivity contribution in [1.29, 1.82) is 0 Å². The van der Waals surface area contributed by atoms with Gasteiger partial charge in [-0.1, -0.05) is 213 Å². The standard InChI is InChI=1S/C43H89N2O7P/c1-3-5-7-9-11-13-15-16-17-18-19-20-21-22-23-25-27-29-31-33-35-42(47)41(39-52-53(49,50)51-37-36-44)45-43(48)38-40(46)34-32-30-28-26-24-14-12-10-8-6-4-2/h40-42,46-47H,3-39,44H2,1-2H3,(H,45,48)(H,49,50). The second-order valence-corrected chi connectivity index (χ2v) is 17.3. The third kappa shape index (κ3) is 38.1. The van der Waals surface area contributed by atoms with E-state index in [4.69, 9.17) is 14.8 Å². The van der Waals surface area contributed by atoms with Gasteiger partial charge in [0.1, 0.15) is 0 Å². The fourth-order valence-corrected chi connectivity index (χ4v) is 7.82. The number of amides is 1. The molecule has 0 heterocycles. The highest BCUT2D eigenvalue weighted by atomic mass is 31.2. The monoisotopic (exact) mass is 777 g/mol. The number of nitrogens with one attached hydrogen (secondary N) is 1. The van der Waals surface area contributed by atoms with Gasteiger partial charge >= 0.3 is 7.82 Å². The van der Waals surface area contributed by atoms with Crippen molar-refractivity contribution in [3.8, 4) is 0 Å². The molecule has 0 aromatic rings. The number of carbonyl (C=O) groups is 1. The molecule has 0 aliphatic rings. The number of hydrogen-bond donors (Lipinski definition) is 5. The summed E-state index contributed by atoms with van der Waals surface area (Å²) in [6.45, 7) is 4.06. The molecule has 0 radical (unpaired) electrons. The smallest absolute Gasteiger partial charge is 0.393 e. The van der Waals surface area contributed by atoms with E-state index in [0.717, 1.165) is 38.5 Å². The van der Waals surface area contributed by atoms with Gasteiger partial charge in [-0.25, -0.2) is 4.57 Å². The van der Waals surface area contributed by atoms with E-state index in [-0.39, 0.29) is 26.2 Å². The van der Waals surface area contributed by atoms with Crippen molar-refractivity contribution in [2.24, 2.45) is 5.73 Å². The Morgan fingerprint density at radius 2 is 0.906 bits per heavy atom. The van der Waals surface area contributed by atoms with Crippen molar-refractivity contribution < 1.29 is 33.5 Å². The van der Waals surface area contributed by atoms with Crippen LogP contribution < -0.4 is 11.1 Å². The lowest BCUT2D eigenvalue weighted by atomic mass is 10.0. The molecular weight excluding hydrogens is 687 g/mol. The molecular formula is C43H89N2O7P. The number of phosphoric acid groups is 1. The first-order valence-corrected chi connectivity index (χ1v) is 24.2. The second-order valence-electron chi connectivity index (χ2n) is 15.8. The SMILES string of the molecule is CCCCCCCCCCCCCCCCCCCCCCC(O)C(COP(=O)(O)OCCN)NC(=O)CC(O)CCCCCCCCCCCCC. The van der Waals surface area contributed by atoms with Crippen molar-refractivity contribution in [2.75, 3.05) is 19.8 Å². The number of phosphoric ester groups is 1. The molecule has 0 bridgehead atoms. The number of nitrogens with two attached hydrogens (primary N) is 1. The maximum absolute atomic E-state index is 12.8. The largest absolute Gasteiger partial charge is 0.472 e. The van der Waals surface area contributed by atoms with E-state index >= 15 is 0 Å². The maximum atomic E-state index is 12.8. The molecule has 0 aromatic carbocycles. The molecule has 0 saturated heterocycles. The van der Waals surface area contributed by atoms with E-state index in [2.05, 4.69) is 19.2 Å². The summed E-state index contributed by atoms with van der Waals surface area (Å²) in [6, 6.07) is -0.890. The first-order valence-electron chi connectivity index (χ1n) is 22.7. The Balaban J connectivity index is 4.17. The molecule has 318 valence electrons. The Morgan fingerprint density at radius 1 is 0.566 bits per heavy atom. The Bertz CT molecular complexity index is 822. The zero-order chi connectivity index (χ0) is 39.1. The van der Waals surface area contributed by atoms with Crippen LogP contribution in [0.5, 0.6) is 0 Å². The average Bonchev–Trinajstić information content (AvgIpc) is 3.13. The fraction of sp³-hybridized carbons (Fsp3) is 0.977. The van der Waals surface area contributed by atoms with Crippen LogP contribution in [-0.4, -0.2) is 59.0 Å². The molecule has 1 amide bonds. The zero-order valence-electron chi connectivity index (χ0n) is 34.9. The van der Waals surface area contributed by atoms with Crippen LogP contribution in [0.2, 0.25) is 0 Å². The minimum Gasteiger partial charge on any atom is -0.393 e. The van der Waals surface area contributed by atoms with Crippen LogP contribution in [0.4, 0.5) is 0 Å². The molecule has 0 aliphatic carbocycles. The fourth-order valence-electron chi connectivity index (χ4n) is 7.06. The lowest BCUT2D eigenvalue weighted by Gasteiger charge is -2.25. The van der Waals surface area contributed by atoms with Crippen LogP contribution in [-0.2, 0) is 18.4 Å². The molecule has 0 spiro atoms. The molecule has 53 heavy (non-hydrogen) atoms. The minimum absolute atomic E-state index is 0.0627. The summed E-state index contributed by atoms with van der Waals surface area (Å²) in [6.07, 6.45) is 38.6. The van der Waals surface area contributed by atoms with E-state index in [1.807, 2.05) is 0 Å². The highest BCUT2D eigenvalue weighted by molar-refractivity contribution is 7.47. The number of carbonyl (C=O) groups excluding carboxylic acids is 1. The molecule has 4 unspecified atom stereocenters. The summed E-state index contributed by atoms with van der Waals surface area (Å²) in [4.78, 5) is 22.8. The molecule has 0 rings (SSSR count). The van der Waals surface area contributed by atoms with Gasteiger partial charge in [0, 0.05) is 6.54 Å². The zero-order valence-corrected chi connectivity index (χ0v) is 35.8. The van der Waals surface area contributed by atoms with Crippen molar-refractivity contribution in [3.05, 3.63) is 0 Å². The first-order chi connectivity index (χ1) is 25.8. The average molecular weight is 777 g/mol. The van der Waals surface area contributed by atoms with Crippen LogP contribution in [0.3, 0.4) is 0 Å². The number of hydrogen-bond acceptors (Lipinski definition) is 7. The molecule has 10 heteroatoms. The summed E-state index contributed by atoms with van der Waals surface area (Å²) < 4.78 is 22.1. The number of aliphatic hydroxyl groups excluding tert-OH is 2. The minimum atomic E-state index is -4.37. The van der Waals surface area contributed by atoms with Gasteiger partial charge in [0.25, 0.3) is 0 Å². The van der Waals surface area contributed by atoms with E-state index in [1.165, 1.54) is 161 Å². The van der Waals surface area contributed by atoms with Crippen molar-refractivity contribution in [2.45, 2.75) is 250 Å². The summed E-state index contributed by atoms with van der Waals surface area (Å²) in [5, 5.41) is 24.2. The van der Waals surface area contributed by atoms with Crippen molar-refractivity contribution >= 4 is 13.7 Å². The summed E-state index contributed by atoms with van der Waals surface area (Å²) in [5.41, 5.74) is 5.37. The van der Waals surface area contributed by atoms with Crippen molar-refractivity contribution in [3.63, 3.8) is 0 Å². The molecule has 0 aliphatic heterocycles. The lowest BCUT2D eigenvalue weighted by molar-refractivity contribution is -0.125. The van der Waals surface area contributed by atoms with E-state index < -0.39 is 32.0 Å². The van der Waals surface area contributed by atoms with Gasteiger partial charge in [-0.3, -0.25) is 13.8 Å². The van der Waals surface area contributed by atoms with Gasteiger partial charge in [-0.05, 0) is 12.8 Å². The number of unbranched alkanes of at least 4 members (excludes halogenated alkanes) is 29. The van der Waals surface area contributed by atoms with E-state index in [9.17, 15) is 24.5 Å². The normalized spacial score (nSPS) is 14.6. The molecule has 9 nitrogen and oxygen atoms in total. The predicted molar refractivity (Wildman–Crippen MR) is 223 cm³/mol. The Morgan fingerprint density at radius 3 is 1.26 bits per heavy atom. The number of rotatable bonds is 43. The summed E-state index contributed by atoms with van der Waals surface area (Å²) in [5.74, 6) is -0.410. The van der Waals surface area contributed by atoms with Gasteiger partial charge in [-0.2, -0.15) is 0 Å². The van der Waals surface area contributed by atoms with E-state index in [1.54, 1.807) is 0 Å².